The number of aromatic amines is 1. The zero-order valence-electron chi connectivity index (χ0n) is 11.2. The number of nitrogens with zero attached hydrogens (tertiary/aromatic N) is 1. The van der Waals surface area contributed by atoms with Gasteiger partial charge in [0, 0.05) is 12.6 Å². The molecule has 0 saturated carbocycles. The Bertz CT molecular complexity index is 504. The van der Waals surface area contributed by atoms with E-state index in [1.807, 2.05) is 13.8 Å². The number of H-pyrrole nitrogens is 1. The summed E-state index contributed by atoms with van der Waals surface area (Å²) in [6.45, 7) is 6.50. The fourth-order valence-electron chi connectivity index (χ4n) is 1.92. The number of nitrogen functional groups attached to an aromatic ring is 1. The molecule has 0 spiro atoms. The van der Waals surface area contributed by atoms with E-state index < -0.39 is 11.2 Å². The number of aromatic nitrogens is 2. The predicted octanol–water partition coefficient (Wildman–Crippen LogP) is 1.13. The molecule has 0 aliphatic heterocycles. The fourth-order valence-corrected chi connectivity index (χ4v) is 1.92. The van der Waals surface area contributed by atoms with Crippen molar-refractivity contribution in [2.45, 2.75) is 52.6 Å². The highest BCUT2D eigenvalue weighted by molar-refractivity contribution is 5.60. The summed E-state index contributed by atoms with van der Waals surface area (Å²) in [5, 5.41) is 3.08. The van der Waals surface area contributed by atoms with Crippen molar-refractivity contribution in [3.05, 3.63) is 20.8 Å². The Balaban J connectivity index is 3.15. The lowest BCUT2D eigenvalue weighted by Gasteiger charge is -2.17. The van der Waals surface area contributed by atoms with Crippen molar-refractivity contribution in [2.24, 2.45) is 0 Å². The van der Waals surface area contributed by atoms with E-state index in [0.717, 1.165) is 19.3 Å². The highest BCUT2D eigenvalue weighted by Gasteiger charge is 2.13. The molecule has 0 fully saturated rings. The van der Waals surface area contributed by atoms with Gasteiger partial charge in [0.25, 0.3) is 5.56 Å². The first-order chi connectivity index (χ1) is 8.51. The van der Waals surface area contributed by atoms with Crippen LogP contribution in [0.4, 0.5) is 11.5 Å². The van der Waals surface area contributed by atoms with Gasteiger partial charge in [0.05, 0.1) is 0 Å². The Labute approximate surface area is 106 Å². The lowest BCUT2D eigenvalue weighted by Crippen LogP contribution is -2.35. The highest BCUT2D eigenvalue weighted by atomic mass is 16.2. The normalized spacial score (nSPS) is 12.4. The lowest BCUT2D eigenvalue weighted by atomic mass is 10.2. The maximum atomic E-state index is 11.7. The average Bonchev–Trinajstić information content (AvgIpc) is 2.30. The van der Waals surface area contributed by atoms with Gasteiger partial charge in [-0.1, -0.05) is 20.3 Å². The van der Waals surface area contributed by atoms with E-state index in [4.69, 9.17) is 5.73 Å². The Morgan fingerprint density at radius 3 is 2.56 bits per heavy atom. The fraction of sp³-hybridized carbons (Fsp3) is 0.667. The minimum atomic E-state index is -0.451. The first kappa shape index (κ1) is 14.3. The summed E-state index contributed by atoms with van der Waals surface area (Å²) < 4.78 is 1.39. The molecule has 18 heavy (non-hydrogen) atoms. The minimum absolute atomic E-state index is 0.144. The Hall–Kier alpha value is -1.72. The molecule has 1 heterocycles. The van der Waals surface area contributed by atoms with Gasteiger partial charge in [-0.25, -0.2) is 4.79 Å². The van der Waals surface area contributed by atoms with Crippen LogP contribution in [0, 0.1) is 0 Å². The molecule has 102 valence electrons. The van der Waals surface area contributed by atoms with Crippen LogP contribution in [0.5, 0.6) is 0 Å². The molecule has 6 heteroatoms. The van der Waals surface area contributed by atoms with Crippen molar-refractivity contribution in [2.75, 3.05) is 11.1 Å². The maximum Gasteiger partial charge on any atom is 0.330 e. The van der Waals surface area contributed by atoms with E-state index in [-0.39, 0.29) is 11.9 Å². The van der Waals surface area contributed by atoms with Gasteiger partial charge in [-0.2, -0.15) is 0 Å². The van der Waals surface area contributed by atoms with E-state index >= 15 is 0 Å². The molecule has 0 bridgehead atoms. The Kier molecular flexibility index (Phi) is 5.00. The Morgan fingerprint density at radius 2 is 2.00 bits per heavy atom. The van der Waals surface area contributed by atoms with Gasteiger partial charge in [-0.3, -0.25) is 14.3 Å². The van der Waals surface area contributed by atoms with Crippen LogP contribution in [0.3, 0.4) is 0 Å². The van der Waals surface area contributed by atoms with Gasteiger partial charge < -0.3 is 11.1 Å². The molecule has 1 aromatic heterocycles. The second-order valence-corrected chi connectivity index (χ2v) is 4.51. The molecule has 0 radical (unpaired) electrons. The molecule has 0 aliphatic rings. The van der Waals surface area contributed by atoms with Gasteiger partial charge >= 0.3 is 5.69 Å². The highest BCUT2D eigenvalue weighted by Crippen LogP contribution is 2.13. The largest absolute Gasteiger partial charge is 0.383 e. The number of nitrogens with two attached hydrogens (primary N) is 1. The summed E-state index contributed by atoms with van der Waals surface area (Å²) in [6.07, 6.45) is 2.73. The number of rotatable bonds is 6. The summed E-state index contributed by atoms with van der Waals surface area (Å²) in [5.74, 6) is 0.216. The summed E-state index contributed by atoms with van der Waals surface area (Å²) in [6, 6.07) is 0.144. The molecule has 1 atom stereocenters. The van der Waals surface area contributed by atoms with Gasteiger partial charge in [0.1, 0.15) is 11.5 Å². The second-order valence-electron chi connectivity index (χ2n) is 4.51. The molecule has 1 aromatic rings. The van der Waals surface area contributed by atoms with E-state index in [9.17, 15) is 9.59 Å². The topological polar surface area (TPSA) is 92.9 Å². The van der Waals surface area contributed by atoms with Crippen LogP contribution >= 0.6 is 0 Å². The van der Waals surface area contributed by atoms with Crippen LogP contribution in [0.1, 0.15) is 40.0 Å². The molecule has 4 N–H and O–H groups in total. The molecule has 0 amide bonds. The van der Waals surface area contributed by atoms with Crippen LogP contribution in [-0.4, -0.2) is 15.6 Å². The van der Waals surface area contributed by atoms with Crippen LogP contribution in [0.25, 0.3) is 0 Å². The Morgan fingerprint density at radius 1 is 1.33 bits per heavy atom. The van der Waals surface area contributed by atoms with Crippen LogP contribution in [0.15, 0.2) is 9.59 Å². The molecular weight excluding hydrogens is 232 g/mol. The second kappa shape index (κ2) is 6.28. The van der Waals surface area contributed by atoms with Crippen LogP contribution in [-0.2, 0) is 6.54 Å². The summed E-state index contributed by atoms with van der Waals surface area (Å²) in [4.78, 5) is 25.6. The maximum absolute atomic E-state index is 11.7. The van der Waals surface area contributed by atoms with Crippen molar-refractivity contribution in [1.82, 2.24) is 9.55 Å². The number of hydrogen-bond donors (Lipinski definition) is 3. The van der Waals surface area contributed by atoms with Gasteiger partial charge in [-0.15, -0.1) is 0 Å². The number of anilines is 2. The standard InChI is InChI=1S/C12H22N4O2/c1-4-6-8(3)14-9-10(13)16(7-5-2)12(18)15-11(9)17/h8,14H,4-7,13H2,1-3H3,(H,15,17,18). The van der Waals surface area contributed by atoms with Crippen molar-refractivity contribution in [3.8, 4) is 0 Å². The smallest absolute Gasteiger partial charge is 0.330 e. The van der Waals surface area contributed by atoms with Crippen molar-refractivity contribution >= 4 is 11.5 Å². The predicted molar refractivity (Wildman–Crippen MR) is 74.0 cm³/mol. The minimum Gasteiger partial charge on any atom is -0.383 e. The third-order valence-corrected chi connectivity index (χ3v) is 2.80. The molecule has 0 saturated heterocycles. The zero-order chi connectivity index (χ0) is 13.7. The quantitative estimate of drug-likeness (QED) is 0.709. The molecule has 0 aliphatic carbocycles. The van der Waals surface area contributed by atoms with E-state index in [2.05, 4.69) is 17.2 Å². The zero-order valence-corrected chi connectivity index (χ0v) is 11.2. The summed E-state index contributed by atoms with van der Waals surface area (Å²) in [7, 11) is 0. The summed E-state index contributed by atoms with van der Waals surface area (Å²) in [5.41, 5.74) is 5.29. The van der Waals surface area contributed by atoms with Gasteiger partial charge in [-0.05, 0) is 19.8 Å². The van der Waals surface area contributed by atoms with E-state index in [1.54, 1.807) is 0 Å². The molecular formula is C12H22N4O2. The molecule has 0 aromatic carbocycles. The van der Waals surface area contributed by atoms with Crippen molar-refractivity contribution in [1.29, 1.82) is 0 Å². The van der Waals surface area contributed by atoms with Gasteiger partial charge in [0.2, 0.25) is 0 Å². The summed E-state index contributed by atoms with van der Waals surface area (Å²) >= 11 is 0. The van der Waals surface area contributed by atoms with Crippen LogP contribution in [0.2, 0.25) is 0 Å². The van der Waals surface area contributed by atoms with E-state index in [0.29, 0.717) is 12.2 Å². The molecule has 1 unspecified atom stereocenters. The van der Waals surface area contributed by atoms with Crippen molar-refractivity contribution in [3.63, 3.8) is 0 Å². The SMILES string of the molecule is CCCC(C)Nc1c(N)n(CCC)c(=O)[nH]c1=O. The number of nitrogens with one attached hydrogen (secondary N) is 2. The number of hydrogen-bond acceptors (Lipinski definition) is 4. The monoisotopic (exact) mass is 254 g/mol. The molecule has 1 rings (SSSR count). The van der Waals surface area contributed by atoms with Crippen LogP contribution < -0.4 is 22.3 Å². The molecule has 6 nitrogen and oxygen atoms in total. The first-order valence-corrected chi connectivity index (χ1v) is 6.40. The average molecular weight is 254 g/mol. The lowest BCUT2D eigenvalue weighted by molar-refractivity contribution is 0.637. The third-order valence-electron chi connectivity index (χ3n) is 2.80. The van der Waals surface area contributed by atoms with E-state index in [1.165, 1.54) is 4.57 Å². The third kappa shape index (κ3) is 3.15. The first-order valence-electron chi connectivity index (χ1n) is 6.40. The van der Waals surface area contributed by atoms with Crippen molar-refractivity contribution < 1.29 is 0 Å². The van der Waals surface area contributed by atoms with Gasteiger partial charge in [0.15, 0.2) is 0 Å².